The molecule has 1 rings (SSSR count). The Morgan fingerprint density at radius 3 is 2.41 bits per heavy atom. The number of aliphatic hydroxyl groups is 2. The van der Waals surface area contributed by atoms with Crippen molar-refractivity contribution in [2.75, 3.05) is 26.3 Å². The summed E-state index contributed by atoms with van der Waals surface area (Å²) >= 11 is 0. The zero-order valence-electron chi connectivity index (χ0n) is 10.9. The minimum atomic E-state index is -0.574. The molecule has 1 aliphatic heterocycles. The fourth-order valence-electron chi connectivity index (χ4n) is 2.00. The van der Waals surface area contributed by atoms with Crippen LogP contribution < -0.4 is 0 Å². The van der Waals surface area contributed by atoms with Crippen LogP contribution in [0.3, 0.4) is 0 Å². The van der Waals surface area contributed by atoms with Gasteiger partial charge in [0, 0.05) is 18.5 Å². The van der Waals surface area contributed by atoms with Crippen molar-refractivity contribution < 1.29 is 19.7 Å². The Balaban J connectivity index is 2.63. The van der Waals surface area contributed by atoms with Crippen molar-refractivity contribution in [3.05, 3.63) is 0 Å². The highest BCUT2D eigenvalue weighted by atomic mass is 16.6. The van der Waals surface area contributed by atoms with Crippen molar-refractivity contribution in [1.29, 1.82) is 0 Å². The Labute approximate surface area is 102 Å². The lowest BCUT2D eigenvalue weighted by atomic mass is 9.81. The molecule has 2 N–H and O–H groups in total. The van der Waals surface area contributed by atoms with Crippen LogP contribution in [-0.4, -0.2) is 53.1 Å². The van der Waals surface area contributed by atoms with E-state index in [1.54, 1.807) is 4.90 Å². The number of hydrogen-bond acceptors (Lipinski definition) is 4. The van der Waals surface area contributed by atoms with Gasteiger partial charge in [-0.05, 0) is 33.6 Å². The Morgan fingerprint density at radius 1 is 1.35 bits per heavy atom. The molecule has 17 heavy (non-hydrogen) atoms. The zero-order valence-corrected chi connectivity index (χ0v) is 10.9. The summed E-state index contributed by atoms with van der Waals surface area (Å²) < 4.78 is 5.28. The second-order valence-electron chi connectivity index (χ2n) is 5.82. The Morgan fingerprint density at radius 2 is 1.94 bits per heavy atom. The maximum absolute atomic E-state index is 11.9. The normalized spacial score (nSPS) is 20.2. The van der Waals surface area contributed by atoms with E-state index in [0.717, 1.165) is 12.8 Å². The number of carbonyl (C=O) groups is 1. The van der Waals surface area contributed by atoms with Crippen molar-refractivity contribution in [3.63, 3.8) is 0 Å². The predicted octanol–water partition coefficient (Wildman–Crippen LogP) is 0.988. The van der Waals surface area contributed by atoms with Crippen LogP contribution in [0.25, 0.3) is 0 Å². The van der Waals surface area contributed by atoms with Crippen molar-refractivity contribution >= 4 is 6.09 Å². The molecule has 0 aromatic rings. The molecule has 1 fully saturated rings. The van der Waals surface area contributed by atoms with Crippen molar-refractivity contribution in [3.8, 4) is 0 Å². The third kappa shape index (κ3) is 3.85. The van der Waals surface area contributed by atoms with Gasteiger partial charge < -0.3 is 19.8 Å². The van der Waals surface area contributed by atoms with E-state index in [2.05, 4.69) is 0 Å². The van der Waals surface area contributed by atoms with Crippen LogP contribution in [0.15, 0.2) is 0 Å². The molecule has 0 spiro atoms. The average Bonchev–Trinajstić information content (AvgIpc) is 2.27. The van der Waals surface area contributed by atoms with E-state index in [1.807, 2.05) is 20.8 Å². The number of nitrogens with zero attached hydrogens (tertiary/aromatic N) is 1. The summed E-state index contributed by atoms with van der Waals surface area (Å²) in [6.45, 7) is 6.22. The number of amides is 1. The van der Waals surface area contributed by atoms with Crippen LogP contribution in [-0.2, 0) is 4.74 Å². The number of piperidine rings is 1. The highest BCUT2D eigenvalue weighted by Gasteiger charge is 2.37. The van der Waals surface area contributed by atoms with E-state index in [-0.39, 0.29) is 19.3 Å². The number of likely N-dealkylation sites (tertiary alicyclic amines) is 1. The highest BCUT2D eigenvalue weighted by molar-refractivity contribution is 5.68. The van der Waals surface area contributed by atoms with Gasteiger partial charge in [0.1, 0.15) is 5.60 Å². The van der Waals surface area contributed by atoms with Crippen LogP contribution in [0.1, 0.15) is 33.6 Å². The molecule has 1 aliphatic rings. The van der Waals surface area contributed by atoms with Crippen molar-refractivity contribution in [2.24, 2.45) is 5.41 Å². The predicted molar refractivity (Wildman–Crippen MR) is 63.6 cm³/mol. The van der Waals surface area contributed by atoms with Crippen molar-refractivity contribution in [2.45, 2.75) is 39.2 Å². The number of hydrogen-bond donors (Lipinski definition) is 2. The lowest BCUT2D eigenvalue weighted by Gasteiger charge is -2.40. The average molecular weight is 245 g/mol. The fourth-order valence-corrected chi connectivity index (χ4v) is 2.00. The summed E-state index contributed by atoms with van der Waals surface area (Å²) in [6.07, 6.45) is 1.14. The van der Waals surface area contributed by atoms with Crippen LogP contribution in [0.5, 0.6) is 0 Å². The number of rotatable bonds is 2. The molecule has 0 aromatic carbocycles. The van der Waals surface area contributed by atoms with Gasteiger partial charge in [0.2, 0.25) is 0 Å². The topological polar surface area (TPSA) is 70.0 Å². The highest BCUT2D eigenvalue weighted by Crippen LogP contribution is 2.29. The molecule has 0 radical (unpaired) electrons. The van der Waals surface area contributed by atoms with Gasteiger partial charge in [0.25, 0.3) is 0 Å². The van der Waals surface area contributed by atoms with E-state index in [0.29, 0.717) is 13.1 Å². The number of aliphatic hydroxyl groups excluding tert-OH is 2. The van der Waals surface area contributed by atoms with E-state index >= 15 is 0 Å². The minimum Gasteiger partial charge on any atom is -0.444 e. The second kappa shape index (κ2) is 5.23. The number of carbonyl (C=O) groups excluding carboxylic acids is 1. The van der Waals surface area contributed by atoms with Gasteiger partial charge >= 0.3 is 6.09 Å². The molecule has 5 nitrogen and oxygen atoms in total. The lowest BCUT2D eigenvalue weighted by molar-refractivity contribution is -0.0279. The van der Waals surface area contributed by atoms with Crippen LogP contribution in [0.2, 0.25) is 0 Å². The molecular formula is C12H23NO4. The molecule has 1 amide bonds. The Bertz CT molecular complexity index is 268. The first-order valence-electron chi connectivity index (χ1n) is 6.02. The second-order valence-corrected chi connectivity index (χ2v) is 5.82. The summed E-state index contributed by atoms with van der Waals surface area (Å²) in [7, 11) is 0. The summed E-state index contributed by atoms with van der Waals surface area (Å²) in [5.41, 5.74) is -1.09. The third-order valence-corrected chi connectivity index (χ3v) is 2.98. The third-order valence-electron chi connectivity index (χ3n) is 2.98. The van der Waals surface area contributed by atoms with Crippen molar-refractivity contribution in [1.82, 2.24) is 4.90 Å². The lowest BCUT2D eigenvalue weighted by Crippen LogP contribution is -2.50. The molecule has 5 heteroatoms. The molecule has 0 atom stereocenters. The molecule has 0 unspecified atom stereocenters. The molecule has 100 valence electrons. The van der Waals surface area contributed by atoms with Crippen LogP contribution in [0.4, 0.5) is 4.79 Å². The van der Waals surface area contributed by atoms with Gasteiger partial charge in [0.05, 0.1) is 13.2 Å². The smallest absolute Gasteiger partial charge is 0.410 e. The molecule has 0 saturated carbocycles. The first-order chi connectivity index (χ1) is 7.82. The van der Waals surface area contributed by atoms with Gasteiger partial charge in [-0.25, -0.2) is 4.79 Å². The quantitative estimate of drug-likeness (QED) is 0.761. The molecule has 0 aliphatic carbocycles. The molecule has 1 saturated heterocycles. The van der Waals surface area contributed by atoms with E-state index in [1.165, 1.54) is 0 Å². The van der Waals surface area contributed by atoms with Crippen LogP contribution in [0, 0.1) is 5.41 Å². The SMILES string of the molecule is CC(C)(C)OC(=O)N1CCCC(CO)(CO)C1. The van der Waals surface area contributed by atoms with E-state index in [9.17, 15) is 15.0 Å². The van der Waals surface area contributed by atoms with Gasteiger partial charge in [-0.1, -0.05) is 0 Å². The van der Waals surface area contributed by atoms with E-state index in [4.69, 9.17) is 4.74 Å². The number of ether oxygens (including phenoxy) is 1. The van der Waals surface area contributed by atoms with Gasteiger partial charge in [-0.15, -0.1) is 0 Å². The summed E-state index contributed by atoms with van der Waals surface area (Å²) in [5.74, 6) is 0. The largest absolute Gasteiger partial charge is 0.444 e. The molecule has 0 bridgehead atoms. The molecule has 0 aromatic heterocycles. The summed E-state index contributed by atoms with van der Waals surface area (Å²) in [5, 5.41) is 18.7. The first kappa shape index (κ1) is 14.3. The van der Waals surface area contributed by atoms with Gasteiger partial charge in [0.15, 0.2) is 0 Å². The summed E-state index contributed by atoms with van der Waals surface area (Å²) in [4.78, 5) is 13.4. The summed E-state index contributed by atoms with van der Waals surface area (Å²) in [6, 6.07) is 0. The van der Waals surface area contributed by atoms with Gasteiger partial charge in [-0.2, -0.15) is 0 Å². The first-order valence-corrected chi connectivity index (χ1v) is 6.02. The van der Waals surface area contributed by atoms with E-state index < -0.39 is 11.0 Å². The molecule has 1 heterocycles. The Kier molecular flexibility index (Phi) is 4.38. The maximum atomic E-state index is 11.9. The zero-order chi connectivity index (χ0) is 13.1. The standard InChI is InChI=1S/C12H23NO4/c1-11(2,3)17-10(16)13-6-4-5-12(7-13,8-14)9-15/h14-15H,4-9H2,1-3H3. The molecular weight excluding hydrogens is 222 g/mol. The van der Waals surface area contributed by atoms with Gasteiger partial charge in [-0.3, -0.25) is 0 Å². The fraction of sp³-hybridized carbons (Fsp3) is 0.917. The minimum absolute atomic E-state index is 0.108. The maximum Gasteiger partial charge on any atom is 0.410 e. The Hall–Kier alpha value is -0.810. The van der Waals surface area contributed by atoms with Crippen LogP contribution >= 0.6 is 0 Å². The monoisotopic (exact) mass is 245 g/mol.